The van der Waals surface area contributed by atoms with Crippen molar-refractivity contribution in [2.45, 2.75) is 46.3 Å². The lowest BCUT2D eigenvalue weighted by Crippen LogP contribution is -2.21. The summed E-state index contributed by atoms with van der Waals surface area (Å²) in [6, 6.07) is 2.68. The Hall–Kier alpha value is -0.800. The molecule has 1 aromatic heterocycles. The van der Waals surface area contributed by atoms with Gasteiger partial charge >= 0.3 is 0 Å². The van der Waals surface area contributed by atoms with E-state index in [1.165, 1.54) is 18.5 Å². The lowest BCUT2D eigenvalue weighted by atomic mass is 10.2. The third-order valence-electron chi connectivity index (χ3n) is 3.67. The van der Waals surface area contributed by atoms with Crippen LogP contribution in [-0.4, -0.2) is 24.5 Å². The molecular formula is C15H26N2O. The maximum atomic E-state index is 5.61. The van der Waals surface area contributed by atoms with Gasteiger partial charge in [-0.25, -0.2) is 0 Å². The third-order valence-corrected chi connectivity index (χ3v) is 3.67. The van der Waals surface area contributed by atoms with E-state index in [0.29, 0.717) is 6.04 Å². The van der Waals surface area contributed by atoms with Crippen molar-refractivity contribution in [3.8, 4) is 0 Å². The Morgan fingerprint density at radius 3 is 2.83 bits per heavy atom. The summed E-state index contributed by atoms with van der Waals surface area (Å²) in [7, 11) is 2.18. The summed E-state index contributed by atoms with van der Waals surface area (Å²) in [4.78, 5) is 2.37. The van der Waals surface area contributed by atoms with Crippen LogP contribution in [0, 0.1) is 11.8 Å². The molecule has 102 valence electrons. The van der Waals surface area contributed by atoms with E-state index >= 15 is 0 Å². The minimum Gasteiger partial charge on any atom is -0.468 e. The molecule has 0 radical (unpaired) electrons. The quantitative estimate of drug-likeness (QED) is 0.806. The highest BCUT2D eigenvalue weighted by molar-refractivity contribution is 5.12. The van der Waals surface area contributed by atoms with Gasteiger partial charge in [-0.15, -0.1) is 0 Å². The number of nitrogens with one attached hydrogen (secondary N) is 1. The first-order valence-corrected chi connectivity index (χ1v) is 7.02. The number of hydrogen-bond donors (Lipinski definition) is 1. The third kappa shape index (κ3) is 4.14. The fourth-order valence-electron chi connectivity index (χ4n) is 2.31. The molecule has 0 aliphatic heterocycles. The van der Waals surface area contributed by atoms with E-state index in [9.17, 15) is 0 Å². The van der Waals surface area contributed by atoms with Crippen LogP contribution in [0.25, 0.3) is 0 Å². The van der Waals surface area contributed by atoms with E-state index in [-0.39, 0.29) is 0 Å². The monoisotopic (exact) mass is 250 g/mol. The molecule has 1 heterocycles. The zero-order valence-corrected chi connectivity index (χ0v) is 12.1. The first-order chi connectivity index (χ1) is 8.54. The van der Waals surface area contributed by atoms with Crippen LogP contribution in [0.15, 0.2) is 16.7 Å². The van der Waals surface area contributed by atoms with Gasteiger partial charge in [0.05, 0.1) is 12.8 Å². The molecular weight excluding hydrogens is 224 g/mol. The van der Waals surface area contributed by atoms with Crippen LogP contribution >= 0.6 is 0 Å². The Balaban J connectivity index is 1.75. The molecule has 1 aliphatic rings. The van der Waals surface area contributed by atoms with E-state index < -0.39 is 0 Å². The zero-order chi connectivity index (χ0) is 13.1. The number of rotatable bonds is 7. The Bertz CT molecular complexity index is 372. The summed E-state index contributed by atoms with van der Waals surface area (Å²) < 4.78 is 5.61. The van der Waals surface area contributed by atoms with E-state index in [2.05, 4.69) is 44.1 Å². The van der Waals surface area contributed by atoms with Gasteiger partial charge in [0.15, 0.2) is 0 Å². The molecule has 0 amide bonds. The van der Waals surface area contributed by atoms with Crippen LogP contribution in [0.1, 0.15) is 38.5 Å². The van der Waals surface area contributed by atoms with Crippen molar-refractivity contribution >= 4 is 0 Å². The minimum absolute atomic E-state index is 0.516. The van der Waals surface area contributed by atoms with E-state index in [1.54, 1.807) is 0 Å². The predicted molar refractivity (Wildman–Crippen MR) is 74.3 cm³/mol. The molecule has 2 atom stereocenters. The van der Waals surface area contributed by atoms with Crippen LogP contribution in [0.4, 0.5) is 0 Å². The highest BCUT2D eigenvalue weighted by Crippen LogP contribution is 2.38. The predicted octanol–water partition coefficient (Wildman–Crippen LogP) is 2.87. The summed E-state index contributed by atoms with van der Waals surface area (Å²) >= 11 is 0. The maximum Gasteiger partial charge on any atom is 0.118 e. The van der Waals surface area contributed by atoms with Gasteiger partial charge < -0.3 is 9.73 Å². The Morgan fingerprint density at radius 2 is 2.22 bits per heavy atom. The van der Waals surface area contributed by atoms with Crippen LogP contribution < -0.4 is 5.32 Å². The Morgan fingerprint density at radius 1 is 1.50 bits per heavy atom. The molecule has 0 saturated heterocycles. The number of furan rings is 1. The largest absolute Gasteiger partial charge is 0.468 e. The summed E-state index contributed by atoms with van der Waals surface area (Å²) in [6.45, 7) is 9.66. The molecule has 2 rings (SSSR count). The topological polar surface area (TPSA) is 28.4 Å². The van der Waals surface area contributed by atoms with Crippen molar-refractivity contribution in [2.24, 2.45) is 11.8 Å². The summed E-state index contributed by atoms with van der Waals surface area (Å²) in [6.07, 6.45) is 3.27. The number of hydrogen-bond acceptors (Lipinski definition) is 3. The smallest absolute Gasteiger partial charge is 0.118 e. The van der Waals surface area contributed by atoms with E-state index in [1.807, 2.05) is 6.26 Å². The van der Waals surface area contributed by atoms with Gasteiger partial charge in [0.25, 0.3) is 0 Å². The Labute approximate surface area is 111 Å². The van der Waals surface area contributed by atoms with Gasteiger partial charge in [-0.05, 0) is 31.4 Å². The second-order valence-electron chi connectivity index (χ2n) is 6.13. The molecule has 3 nitrogen and oxygen atoms in total. The highest BCUT2D eigenvalue weighted by Gasteiger charge is 2.33. The molecule has 18 heavy (non-hydrogen) atoms. The molecule has 2 unspecified atom stereocenters. The second-order valence-corrected chi connectivity index (χ2v) is 6.13. The first kappa shape index (κ1) is 13.6. The van der Waals surface area contributed by atoms with Crippen LogP contribution in [0.5, 0.6) is 0 Å². The molecule has 1 saturated carbocycles. The van der Waals surface area contributed by atoms with Crippen molar-refractivity contribution in [2.75, 3.05) is 13.6 Å². The van der Waals surface area contributed by atoms with Gasteiger partial charge in [-0.2, -0.15) is 0 Å². The molecule has 0 aromatic carbocycles. The van der Waals surface area contributed by atoms with Crippen molar-refractivity contribution < 1.29 is 4.42 Å². The molecule has 1 aliphatic carbocycles. The average molecular weight is 250 g/mol. The van der Waals surface area contributed by atoms with Crippen molar-refractivity contribution in [3.05, 3.63) is 23.7 Å². The van der Waals surface area contributed by atoms with Crippen molar-refractivity contribution in [1.82, 2.24) is 10.2 Å². The lowest BCUT2D eigenvalue weighted by molar-refractivity contribution is 0.280. The zero-order valence-electron chi connectivity index (χ0n) is 12.1. The summed E-state index contributed by atoms with van der Waals surface area (Å²) in [5.41, 5.74) is 1.24. The molecule has 0 spiro atoms. The van der Waals surface area contributed by atoms with Gasteiger partial charge in [-0.1, -0.05) is 20.8 Å². The van der Waals surface area contributed by atoms with Crippen LogP contribution in [-0.2, 0) is 13.1 Å². The lowest BCUT2D eigenvalue weighted by Gasteiger charge is -2.14. The molecule has 1 N–H and O–H groups in total. The fraction of sp³-hybridized carbons (Fsp3) is 0.733. The highest BCUT2D eigenvalue weighted by atomic mass is 16.3. The molecule has 3 heteroatoms. The molecule has 0 bridgehead atoms. The van der Waals surface area contributed by atoms with Gasteiger partial charge in [0.1, 0.15) is 5.76 Å². The van der Waals surface area contributed by atoms with Crippen molar-refractivity contribution in [3.63, 3.8) is 0 Å². The molecule has 1 aromatic rings. The van der Waals surface area contributed by atoms with Crippen molar-refractivity contribution in [1.29, 1.82) is 0 Å². The second kappa shape index (κ2) is 5.89. The van der Waals surface area contributed by atoms with E-state index in [0.717, 1.165) is 30.7 Å². The Kier molecular flexibility index (Phi) is 4.46. The normalized spacial score (nSPS) is 23.0. The SMILES string of the molecule is CC(C)NCc1coc(CN(C)CC2CC2C)c1. The fourth-order valence-corrected chi connectivity index (χ4v) is 2.31. The van der Waals surface area contributed by atoms with Crippen LogP contribution in [0.2, 0.25) is 0 Å². The van der Waals surface area contributed by atoms with Gasteiger partial charge in [0.2, 0.25) is 0 Å². The summed E-state index contributed by atoms with van der Waals surface area (Å²) in [5.74, 6) is 2.91. The van der Waals surface area contributed by atoms with Gasteiger partial charge in [0, 0.05) is 24.7 Å². The van der Waals surface area contributed by atoms with Gasteiger partial charge in [-0.3, -0.25) is 4.90 Å². The average Bonchev–Trinajstić information content (AvgIpc) is 2.79. The minimum atomic E-state index is 0.516. The number of nitrogens with zero attached hydrogens (tertiary/aromatic N) is 1. The molecule has 1 fully saturated rings. The maximum absolute atomic E-state index is 5.61. The van der Waals surface area contributed by atoms with Crippen LogP contribution in [0.3, 0.4) is 0 Å². The van der Waals surface area contributed by atoms with E-state index in [4.69, 9.17) is 4.42 Å². The standard InChI is InChI=1S/C15H26N2O/c1-11(2)16-7-13-6-15(18-10-13)9-17(4)8-14-5-12(14)3/h6,10-12,14,16H,5,7-9H2,1-4H3. The first-order valence-electron chi connectivity index (χ1n) is 7.02. The summed E-state index contributed by atoms with van der Waals surface area (Å²) in [5, 5.41) is 3.40.